The summed E-state index contributed by atoms with van der Waals surface area (Å²) in [6.07, 6.45) is 1.87. The molecule has 1 aliphatic heterocycles. The van der Waals surface area contributed by atoms with E-state index in [1.165, 1.54) is 21.7 Å². The number of hydrogen-bond donors (Lipinski definition) is 0. The van der Waals surface area contributed by atoms with Crippen molar-refractivity contribution in [1.29, 1.82) is 0 Å². The van der Waals surface area contributed by atoms with Crippen molar-refractivity contribution in [2.75, 3.05) is 38.2 Å². The first-order chi connectivity index (χ1) is 17.1. The van der Waals surface area contributed by atoms with Crippen LogP contribution in [0.4, 0.5) is 5.69 Å². The molecule has 1 fully saturated rings. The Bertz CT molecular complexity index is 1380. The molecule has 7 heteroatoms. The minimum Gasteiger partial charge on any atom is -0.495 e. The van der Waals surface area contributed by atoms with E-state index in [9.17, 15) is 4.79 Å². The van der Waals surface area contributed by atoms with Crippen LogP contribution in [0.5, 0.6) is 5.75 Å². The molecule has 1 aliphatic carbocycles. The van der Waals surface area contributed by atoms with Crippen molar-refractivity contribution < 1.29 is 9.53 Å². The quantitative estimate of drug-likeness (QED) is 0.410. The topological polar surface area (TPSA) is 50.6 Å². The molecule has 0 radical (unpaired) electrons. The number of amides is 1. The van der Waals surface area contributed by atoms with Crippen molar-refractivity contribution in [1.82, 2.24) is 14.7 Å². The Morgan fingerprint density at radius 1 is 0.971 bits per heavy atom. The van der Waals surface area contributed by atoms with Gasteiger partial charge in [-0.2, -0.15) is 5.10 Å². The Kier molecular flexibility index (Phi) is 5.57. The zero-order valence-electron chi connectivity index (χ0n) is 20.0. The number of fused-ring (bicyclic) bond motifs is 3. The summed E-state index contributed by atoms with van der Waals surface area (Å²) in [7, 11) is 1.70. The van der Waals surface area contributed by atoms with Crippen molar-refractivity contribution in [2.45, 2.75) is 19.8 Å². The largest absolute Gasteiger partial charge is 0.495 e. The molecule has 0 N–H and O–H groups in total. The van der Waals surface area contributed by atoms with E-state index < -0.39 is 0 Å². The number of benzene rings is 2. The molecule has 1 saturated heterocycles. The number of ether oxygens (including phenoxy) is 1. The number of anilines is 1. The van der Waals surface area contributed by atoms with Crippen LogP contribution in [0.1, 0.15) is 26.6 Å². The lowest BCUT2D eigenvalue weighted by Crippen LogP contribution is -2.48. The van der Waals surface area contributed by atoms with Crippen LogP contribution >= 0.6 is 11.3 Å². The van der Waals surface area contributed by atoms with Gasteiger partial charge in [0.05, 0.1) is 34.7 Å². The molecule has 1 amide bonds. The molecular weight excluding hydrogens is 456 g/mol. The maximum atomic E-state index is 13.5. The number of aromatic nitrogens is 2. The van der Waals surface area contributed by atoms with E-state index in [2.05, 4.69) is 40.8 Å². The van der Waals surface area contributed by atoms with Crippen molar-refractivity contribution in [3.63, 3.8) is 0 Å². The average Bonchev–Trinajstić information content (AvgIpc) is 3.50. The zero-order chi connectivity index (χ0) is 23.9. The smallest absolute Gasteiger partial charge is 0.264 e. The Morgan fingerprint density at radius 3 is 2.49 bits per heavy atom. The molecule has 0 bridgehead atoms. The lowest BCUT2D eigenvalue weighted by atomic mass is 9.95. The fourth-order valence-electron chi connectivity index (χ4n) is 5.27. The van der Waals surface area contributed by atoms with Crippen LogP contribution in [0.25, 0.3) is 16.1 Å². The second kappa shape index (κ2) is 8.89. The highest BCUT2D eigenvalue weighted by Crippen LogP contribution is 2.42. The molecule has 178 valence electrons. The van der Waals surface area contributed by atoms with E-state index >= 15 is 0 Å². The predicted molar refractivity (Wildman–Crippen MR) is 140 cm³/mol. The van der Waals surface area contributed by atoms with Crippen LogP contribution in [0.3, 0.4) is 0 Å². The van der Waals surface area contributed by atoms with Gasteiger partial charge in [-0.25, -0.2) is 4.68 Å². The average molecular weight is 485 g/mol. The van der Waals surface area contributed by atoms with Crippen LogP contribution < -0.4 is 9.64 Å². The van der Waals surface area contributed by atoms with E-state index in [-0.39, 0.29) is 5.91 Å². The van der Waals surface area contributed by atoms with Crippen LogP contribution in [0.15, 0.2) is 60.7 Å². The van der Waals surface area contributed by atoms with Gasteiger partial charge in [-0.15, -0.1) is 11.3 Å². The van der Waals surface area contributed by atoms with Gasteiger partial charge in [-0.3, -0.25) is 4.79 Å². The third-order valence-electron chi connectivity index (χ3n) is 7.03. The highest BCUT2D eigenvalue weighted by atomic mass is 32.1. The normalized spacial score (nSPS) is 15.0. The molecule has 6 rings (SSSR count). The predicted octanol–water partition coefficient (Wildman–Crippen LogP) is 4.98. The van der Waals surface area contributed by atoms with Gasteiger partial charge in [0, 0.05) is 36.6 Å². The van der Waals surface area contributed by atoms with Gasteiger partial charge in [-0.05, 0) is 55.7 Å². The molecule has 2 aromatic heterocycles. The number of para-hydroxylation sites is 3. The molecule has 3 heterocycles. The zero-order valence-corrected chi connectivity index (χ0v) is 20.8. The van der Waals surface area contributed by atoms with Crippen LogP contribution in [0.2, 0.25) is 0 Å². The third-order valence-corrected chi connectivity index (χ3v) is 8.21. The van der Waals surface area contributed by atoms with Crippen molar-refractivity contribution in [2.24, 2.45) is 0 Å². The third kappa shape index (κ3) is 3.80. The van der Waals surface area contributed by atoms with Crippen LogP contribution in [-0.2, 0) is 12.8 Å². The van der Waals surface area contributed by atoms with Gasteiger partial charge in [0.2, 0.25) is 0 Å². The summed E-state index contributed by atoms with van der Waals surface area (Å²) < 4.78 is 7.60. The van der Waals surface area contributed by atoms with Crippen molar-refractivity contribution in [3.05, 3.63) is 82.5 Å². The summed E-state index contributed by atoms with van der Waals surface area (Å²) in [5.74, 6) is 1.01. The number of nitrogens with zero attached hydrogens (tertiary/aromatic N) is 4. The summed E-state index contributed by atoms with van der Waals surface area (Å²) in [5.41, 5.74) is 6.92. The Labute approximate surface area is 209 Å². The van der Waals surface area contributed by atoms with E-state index in [1.54, 1.807) is 18.4 Å². The standard InChI is InChI=1S/C28H28N4O2S/c1-19-26-23(32(29-19)21-8-4-3-5-9-21)13-12-20-18-25(35-27(20)26)28(33)31-16-14-30(15-17-31)22-10-6-7-11-24(22)34-2/h3-11,18H,12-17H2,1-2H3. The second-order valence-electron chi connectivity index (χ2n) is 9.07. The monoisotopic (exact) mass is 484 g/mol. The maximum Gasteiger partial charge on any atom is 0.264 e. The highest BCUT2D eigenvalue weighted by Gasteiger charge is 2.30. The Balaban J connectivity index is 1.23. The van der Waals surface area contributed by atoms with Crippen LogP contribution in [0, 0.1) is 6.92 Å². The maximum absolute atomic E-state index is 13.5. The van der Waals surface area contributed by atoms with E-state index in [0.29, 0.717) is 13.1 Å². The first kappa shape index (κ1) is 21.9. The van der Waals surface area contributed by atoms with Gasteiger partial charge >= 0.3 is 0 Å². The fourth-order valence-corrected chi connectivity index (χ4v) is 6.56. The number of carbonyl (C=O) groups is 1. The molecule has 6 nitrogen and oxygen atoms in total. The number of methoxy groups -OCH3 is 1. The van der Waals surface area contributed by atoms with E-state index in [0.717, 1.165) is 53.6 Å². The number of aryl methyl sites for hydroxylation is 2. The molecule has 0 atom stereocenters. The minimum atomic E-state index is 0.138. The highest BCUT2D eigenvalue weighted by molar-refractivity contribution is 7.17. The van der Waals surface area contributed by atoms with Gasteiger partial charge < -0.3 is 14.5 Å². The number of rotatable bonds is 4. The fraction of sp³-hybridized carbons (Fsp3) is 0.286. The number of hydrogen-bond acceptors (Lipinski definition) is 5. The summed E-state index contributed by atoms with van der Waals surface area (Å²) in [4.78, 5) is 19.8. The van der Waals surface area contributed by atoms with E-state index in [4.69, 9.17) is 9.84 Å². The van der Waals surface area contributed by atoms with Gasteiger partial charge in [0.25, 0.3) is 5.91 Å². The minimum absolute atomic E-state index is 0.138. The summed E-state index contributed by atoms with van der Waals surface area (Å²) in [5, 5.41) is 4.87. The molecule has 0 unspecified atom stereocenters. The molecule has 0 spiro atoms. The van der Waals surface area contributed by atoms with Crippen LogP contribution in [-0.4, -0.2) is 53.9 Å². The number of carbonyl (C=O) groups excluding carboxylic acids is 1. The number of piperazine rings is 1. The molecule has 0 saturated carbocycles. The second-order valence-corrected chi connectivity index (χ2v) is 10.1. The lowest BCUT2D eigenvalue weighted by Gasteiger charge is -2.36. The summed E-state index contributed by atoms with van der Waals surface area (Å²) in [6.45, 7) is 5.08. The summed E-state index contributed by atoms with van der Waals surface area (Å²) >= 11 is 1.63. The Morgan fingerprint density at radius 2 is 1.71 bits per heavy atom. The SMILES string of the molecule is COc1ccccc1N1CCN(C(=O)c2cc3c(s2)-c2c(C)nn(-c4ccccc4)c2CC3)CC1. The molecule has 4 aromatic rings. The van der Waals surface area contributed by atoms with Crippen molar-refractivity contribution >= 4 is 22.9 Å². The lowest BCUT2D eigenvalue weighted by molar-refractivity contribution is 0.0751. The van der Waals surface area contributed by atoms with E-state index in [1.807, 2.05) is 41.3 Å². The van der Waals surface area contributed by atoms with Crippen molar-refractivity contribution in [3.8, 4) is 21.9 Å². The van der Waals surface area contributed by atoms with Gasteiger partial charge in [0.15, 0.2) is 0 Å². The Hall–Kier alpha value is -3.58. The first-order valence-electron chi connectivity index (χ1n) is 12.1. The number of thiophene rings is 1. The van der Waals surface area contributed by atoms with Gasteiger partial charge in [-0.1, -0.05) is 30.3 Å². The molecule has 35 heavy (non-hydrogen) atoms. The first-order valence-corrected chi connectivity index (χ1v) is 12.9. The summed E-state index contributed by atoms with van der Waals surface area (Å²) in [6, 6.07) is 20.5. The molecule has 2 aromatic carbocycles. The molecular formula is C28H28N4O2S. The molecule has 2 aliphatic rings. The van der Waals surface area contributed by atoms with Gasteiger partial charge in [0.1, 0.15) is 5.75 Å².